The first-order chi connectivity index (χ1) is 6.86. The van der Waals surface area contributed by atoms with E-state index in [9.17, 15) is 0 Å². The third kappa shape index (κ3) is 2.27. The molecule has 2 unspecified atom stereocenters. The van der Waals surface area contributed by atoms with Gasteiger partial charge in [0.15, 0.2) is 0 Å². The predicted molar refractivity (Wildman–Crippen MR) is 52.5 cm³/mol. The normalized spacial score (nSPS) is 23.6. The van der Waals surface area contributed by atoms with Crippen molar-refractivity contribution in [1.82, 2.24) is 9.97 Å². The molecule has 1 fully saturated rings. The highest BCUT2D eigenvalue weighted by molar-refractivity contribution is 4.95. The average molecular weight is 193 g/mol. The smallest absolute Gasteiger partial charge is 0.144 e. The van der Waals surface area contributed by atoms with Crippen LogP contribution in [0.4, 0.5) is 0 Å². The molecule has 1 saturated heterocycles. The van der Waals surface area contributed by atoms with Crippen molar-refractivity contribution in [2.24, 2.45) is 11.7 Å². The molecule has 0 radical (unpaired) electrons. The van der Waals surface area contributed by atoms with Gasteiger partial charge in [-0.3, -0.25) is 0 Å². The Bertz CT molecular complexity index is 272. The Hall–Kier alpha value is -1.00. The zero-order valence-corrected chi connectivity index (χ0v) is 8.10. The quantitative estimate of drug-likeness (QED) is 0.774. The maximum Gasteiger partial charge on any atom is 0.144 e. The van der Waals surface area contributed by atoms with Gasteiger partial charge in [0.2, 0.25) is 0 Å². The van der Waals surface area contributed by atoms with E-state index in [-0.39, 0.29) is 6.04 Å². The lowest BCUT2D eigenvalue weighted by atomic mass is 9.99. The summed E-state index contributed by atoms with van der Waals surface area (Å²) >= 11 is 0. The fraction of sp³-hybridized carbons (Fsp3) is 0.600. The molecule has 0 amide bonds. The second-order valence-electron chi connectivity index (χ2n) is 3.68. The van der Waals surface area contributed by atoms with Crippen LogP contribution in [0.3, 0.4) is 0 Å². The lowest BCUT2D eigenvalue weighted by Gasteiger charge is -2.13. The zero-order chi connectivity index (χ0) is 9.80. The molecular formula is C10H15N3O. The molecule has 1 aromatic heterocycles. The lowest BCUT2D eigenvalue weighted by Crippen LogP contribution is -2.18. The van der Waals surface area contributed by atoms with Crippen LogP contribution in [0.2, 0.25) is 0 Å². The minimum atomic E-state index is -0.0529. The van der Waals surface area contributed by atoms with Gasteiger partial charge in [0, 0.05) is 25.6 Å². The molecule has 2 atom stereocenters. The zero-order valence-electron chi connectivity index (χ0n) is 8.10. The summed E-state index contributed by atoms with van der Waals surface area (Å²) < 4.78 is 5.30. The number of ether oxygens (including phenoxy) is 1. The first-order valence-corrected chi connectivity index (χ1v) is 4.96. The highest BCUT2D eigenvalue weighted by Gasteiger charge is 2.20. The Kier molecular flexibility index (Phi) is 3.06. The van der Waals surface area contributed by atoms with E-state index < -0.39 is 0 Å². The summed E-state index contributed by atoms with van der Waals surface area (Å²) in [5, 5.41) is 0. The van der Waals surface area contributed by atoms with E-state index in [0.29, 0.717) is 5.92 Å². The molecule has 0 aliphatic carbocycles. The van der Waals surface area contributed by atoms with Gasteiger partial charge < -0.3 is 10.5 Å². The van der Waals surface area contributed by atoms with Crippen LogP contribution in [0.15, 0.2) is 18.5 Å². The molecule has 76 valence electrons. The molecule has 2 rings (SSSR count). The molecule has 0 aromatic carbocycles. The van der Waals surface area contributed by atoms with E-state index in [1.165, 1.54) is 0 Å². The number of aromatic nitrogens is 2. The second-order valence-corrected chi connectivity index (χ2v) is 3.68. The molecular weight excluding hydrogens is 178 g/mol. The molecule has 0 saturated carbocycles. The summed E-state index contributed by atoms with van der Waals surface area (Å²) in [4.78, 5) is 8.29. The molecule has 2 N–H and O–H groups in total. The first-order valence-electron chi connectivity index (χ1n) is 4.96. The van der Waals surface area contributed by atoms with Crippen LogP contribution in [-0.2, 0) is 4.74 Å². The molecule has 1 aliphatic heterocycles. The van der Waals surface area contributed by atoms with Gasteiger partial charge in [0.05, 0.1) is 6.04 Å². The van der Waals surface area contributed by atoms with Gasteiger partial charge in [0.1, 0.15) is 5.82 Å². The molecule has 14 heavy (non-hydrogen) atoms. The van der Waals surface area contributed by atoms with E-state index in [0.717, 1.165) is 31.9 Å². The number of nitrogens with two attached hydrogens (primary N) is 1. The topological polar surface area (TPSA) is 61.0 Å². The highest BCUT2D eigenvalue weighted by Crippen LogP contribution is 2.22. The van der Waals surface area contributed by atoms with Gasteiger partial charge in [-0.2, -0.15) is 0 Å². The Morgan fingerprint density at radius 3 is 2.93 bits per heavy atom. The van der Waals surface area contributed by atoms with Gasteiger partial charge in [-0.15, -0.1) is 0 Å². The second kappa shape index (κ2) is 4.48. The molecule has 2 heterocycles. The summed E-state index contributed by atoms with van der Waals surface area (Å²) in [5.41, 5.74) is 5.99. The van der Waals surface area contributed by atoms with Gasteiger partial charge in [0.25, 0.3) is 0 Å². The summed E-state index contributed by atoms with van der Waals surface area (Å²) in [7, 11) is 0. The third-order valence-electron chi connectivity index (χ3n) is 2.53. The van der Waals surface area contributed by atoms with Gasteiger partial charge >= 0.3 is 0 Å². The number of nitrogens with zero attached hydrogens (tertiary/aromatic N) is 2. The van der Waals surface area contributed by atoms with E-state index in [2.05, 4.69) is 9.97 Å². The largest absolute Gasteiger partial charge is 0.381 e. The van der Waals surface area contributed by atoms with Gasteiger partial charge in [-0.05, 0) is 24.8 Å². The molecule has 4 nitrogen and oxygen atoms in total. The Balaban J connectivity index is 1.92. The lowest BCUT2D eigenvalue weighted by molar-refractivity contribution is 0.182. The summed E-state index contributed by atoms with van der Waals surface area (Å²) in [6.45, 7) is 1.70. The maximum atomic E-state index is 5.99. The summed E-state index contributed by atoms with van der Waals surface area (Å²) in [6.07, 6.45) is 5.49. The highest BCUT2D eigenvalue weighted by atomic mass is 16.5. The fourth-order valence-electron chi connectivity index (χ4n) is 1.74. The number of hydrogen-bond acceptors (Lipinski definition) is 4. The van der Waals surface area contributed by atoms with Crippen LogP contribution in [0.25, 0.3) is 0 Å². The fourth-order valence-corrected chi connectivity index (χ4v) is 1.74. The van der Waals surface area contributed by atoms with Crippen molar-refractivity contribution in [2.75, 3.05) is 13.2 Å². The maximum absolute atomic E-state index is 5.99. The number of rotatable bonds is 3. The van der Waals surface area contributed by atoms with Crippen molar-refractivity contribution < 1.29 is 4.74 Å². The van der Waals surface area contributed by atoms with E-state index in [4.69, 9.17) is 10.5 Å². The minimum Gasteiger partial charge on any atom is -0.381 e. The van der Waals surface area contributed by atoms with Crippen molar-refractivity contribution in [3.63, 3.8) is 0 Å². The Morgan fingerprint density at radius 1 is 1.50 bits per heavy atom. The minimum absolute atomic E-state index is 0.0529. The Labute approximate surface area is 83.5 Å². The molecule has 1 aromatic rings. The number of hydrogen-bond donors (Lipinski definition) is 1. The molecule has 0 bridgehead atoms. The van der Waals surface area contributed by atoms with Crippen LogP contribution >= 0.6 is 0 Å². The van der Waals surface area contributed by atoms with E-state index in [1.807, 2.05) is 0 Å². The standard InChI is InChI=1S/C10H15N3O/c11-9(6-8-2-5-14-7-8)10-12-3-1-4-13-10/h1,3-4,8-9H,2,5-7,11H2. The summed E-state index contributed by atoms with van der Waals surface area (Å²) in [5.74, 6) is 1.31. The van der Waals surface area contributed by atoms with Crippen molar-refractivity contribution in [3.05, 3.63) is 24.3 Å². The van der Waals surface area contributed by atoms with Crippen molar-refractivity contribution in [2.45, 2.75) is 18.9 Å². The van der Waals surface area contributed by atoms with E-state index in [1.54, 1.807) is 18.5 Å². The van der Waals surface area contributed by atoms with Crippen LogP contribution < -0.4 is 5.73 Å². The summed E-state index contributed by atoms with van der Waals surface area (Å²) in [6, 6.07) is 1.75. The van der Waals surface area contributed by atoms with Gasteiger partial charge in [-0.1, -0.05) is 0 Å². The van der Waals surface area contributed by atoms with Crippen LogP contribution in [0.1, 0.15) is 24.7 Å². The third-order valence-corrected chi connectivity index (χ3v) is 2.53. The van der Waals surface area contributed by atoms with Crippen LogP contribution in [-0.4, -0.2) is 23.2 Å². The van der Waals surface area contributed by atoms with Gasteiger partial charge in [-0.25, -0.2) is 9.97 Å². The predicted octanol–water partition coefficient (Wildman–Crippen LogP) is 0.903. The van der Waals surface area contributed by atoms with Crippen molar-refractivity contribution in [1.29, 1.82) is 0 Å². The Morgan fingerprint density at radius 2 is 2.29 bits per heavy atom. The SMILES string of the molecule is NC(CC1CCOC1)c1ncccn1. The van der Waals surface area contributed by atoms with Crippen molar-refractivity contribution in [3.8, 4) is 0 Å². The molecule has 1 aliphatic rings. The van der Waals surface area contributed by atoms with E-state index >= 15 is 0 Å². The van der Waals surface area contributed by atoms with Crippen molar-refractivity contribution >= 4 is 0 Å². The first kappa shape index (κ1) is 9.55. The van der Waals surface area contributed by atoms with Crippen LogP contribution in [0, 0.1) is 5.92 Å². The average Bonchev–Trinajstić information content (AvgIpc) is 2.72. The molecule has 4 heteroatoms. The van der Waals surface area contributed by atoms with Crippen LogP contribution in [0.5, 0.6) is 0 Å². The molecule has 0 spiro atoms. The monoisotopic (exact) mass is 193 g/mol.